The number of carbonyl (C=O) groups excluding carboxylic acids is 2. The van der Waals surface area contributed by atoms with Crippen molar-refractivity contribution in [3.8, 4) is 0 Å². The van der Waals surface area contributed by atoms with Crippen molar-refractivity contribution in [1.82, 2.24) is 0 Å². The summed E-state index contributed by atoms with van der Waals surface area (Å²) in [6.45, 7) is 7.15. The largest absolute Gasteiger partial charge is 0.481 e. The Bertz CT molecular complexity index is 389. The van der Waals surface area contributed by atoms with Crippen LogP contribution < -0.4 is 0 Å². The fraction of sp³-hybridized carbons (Fsp3) is 0.778. The lowest BCUT2D eigenvalue weighted by atomic mass is 10.2. The summed E-state index contributed by atoms with van der Waals surface area (Å²) in [4.78, 5) is 42.1. The van der Waals surface area contributed by atoms with Gasteiger partial charge in [-0.3, -0.25) is 19.2 Å². The molecule has 0 aromatic carbocycles. The minimum atomic E-state index is -0.822. The summed E-state index contributed by atoms with van der Waals surface area (Å²) in [7, 11) is 0. The first-order chi connectivity index (χ1) is 12.0. The average molecular weight is 376 g/mol. The molecule has 0 fully saturated rings. The van der Waals surface area contributed by atoms with Gasteiger partial charge in [0.2, 0.25) is 0 Å². The standard InChI is InChI=1S/2C9H16O4/c2*1-7(2)13-9(12)6-4-3-5-8(10)11/h2*7H,3-6H2,1-2H3,(H,10,11). The van der Waals surface area contributed by atoms with Crippen molar-refractivity contribution >= 4 is 23.9 Å². The Hall–Kier alpha value is -2.12. The predicted molar refractivity (Wildman–Crippen MR) is 94.7 cm³/mol. The Kier molecular flexibility index (Phi) is 16.4. The number of hydrogen-bond acceptors (Lipinski definition) is 6. The normalized spacial score (nSPS) is 10.1. The Balaban J connectivity index is 0. The summed E-state index contributed by atoms with van der Waals surface area (Å²) in [6, 6.07) is 0. The van der Waals surface area contributed by atoms with Crippen LogP contribution in [0.15, 0.2) is 0 Å². The molecule has 0 atom stereocenters. The van der Waals surface area contributed by atoms with Gasteiger partial charge in [-0.25, -0.2) is 0 Å². The van der Waals surface area contributed by atoms with E-state index in [0.717, 1.165) is 0 Å². The minimum Gasteiger partial charge on any atom is -0.481 e. The summed E-state index contributed by atoms with van der Waals surface area (Å²) in [5.74, 6) is -2.14. The number of carbonyl (C=O) groups is 4. The molecule has 0 heterocycles. The molecule has 0 aliphatic carbocycles. The van der Waals surface area contributed by atoms with Crippen molar-refractivity contribution < 1.29 is 38.9 Å². The van der Waals surface area contributed by atoms with Gasteiger partial charge in [0.15, 0.2) is 0 Å². The summed E-state index contributed by atoms with van der Waals surface area (Å²) >= 11 is 0. The number of carboxylic acids is 2. The van der Waals surface area contributed by atoms with E-state index in [-0.39, 0.29) is 37.0 Å². The third-order valence-corrected chi connectivity index (χ3v) is 2.78. The van der Waals surface area contributed by atoms with E-state index in [1.807, 2.05) is 0 Å². The number of unbranched alkanes of at least 4 members (excludes halogenated alkanes) is 2. The Labute approximate surface area is 154 Å². The number of aliphatic carboxylic acids is 2. The quantitative estimate of drug-likeness (QED) is 0.393. The first kappa shape index (κ1) is 26.1. The lowest BCUT2D eigenvalue weighted by Crippen LogP contribution is -2.11. The zero-order chi connectivity index (χ0) is 20.5. The van der Waals surface area contributed by atoms with E-state index in [0.29, 0.717) is 38.5 Å². The zero-order valence-electron chi connectivity index (χ0n) is 16.2. The molecule has 0 aromatic heterocycles. The molecule has 8 heteroatoms. The van der Waals surface area contributed by atoms with E-state index in [2.05, 4.69) is 0 Å². The van der Waals surface area contributed by atoms with Gasteiger partial charge in [0.25, 0.3) is 0 Å². The molecule has 0 saturated heterocycles. The average Bonchev–Trinajstić information content (AvgIpc) is 2.47. The minimum absolute atomic E-state index is 0.0908. The van der Waals surface area contributed by atoms with Crippen molar-refractivity contribution in [2.75, 3.05) is 0 Å². The van der Waals surface area contributed by atoms with Gasteiger partial charge >= 0.3 is 23.9 Å². The monoisotopic (exact) mass is 376 g/mol. The highest BCUT2D eigenvalue weighted by Gasteiger charge is 2.06. The van der Waals surface area contributed by atoms with Crippen LogP contribution in [0.1, 0.15) is 79.1 Å². The van der Waals surface area contributed by atoms with Crippen LogP contribution in [0.4, 0.5) is 0 Å². The Morgan fingerprint density at radius 2 is 0.885 bits per heavy atom. The van der Waals surface area contributed by atoms with Crippen molar-refractivity contribution in [2.24, 2.45) is 0 Å². The van der Waals surface area contributed by atoms with Crippen molar-refractivity contribution in [3.63, 3.8) is 0 Å². The van der Waals surface area contributed by atoms with E-state index in [4.69, 9.17) is 19.7 Å². The second-order valence-corrected chi connectivity index (χ2v) is 6.28. The predicted octanol–water partition coefficient (Wildman–Crippen LogP) is 3.17. The molecule has 0 aliphatic heterocycles. The third-order valence-electron chi connectivity index (χ3n) is 2.78. The first-order valence-electron chi connectivity index (χ1n) is 8.87. The van der Waals surface area contributed by atoms with Crippen LogP contribution in [-0.2, 0) is 28.7 Å². The summed E-state index contributed by atoms with van der Waals surface area (Å²) in [6.07, 6.45) is 2.90. The fourth-order valence-electron chi connectivity index (χ4n) is 1.73. The summed E-state index contributed by atoms with van der Waals surface area (Å²) < 4.78 is 9.74. The highest BCUT2D eigenvalue weighted by atomic mass is 16.5. The topological polar surface area (TPSA) is 127 Å². The fourth-order valence-corrected chi connectivity index (χ4v) is 1.73. The maximum absolute atomic E-state index is 10.9. The van der Waals surface area contributed by atoms with Gasteiger partial charge in [-0.1, -0.05) is 0 Å². The van der Waals surface area contributed by atoms with E-state index >= 15 is 0 Å². The molecule has 0 aliphatic rings. The summed E-state index contributed by atoms with van der Waals surface area (Å²) in [5, 5.41) is 16.6. The van der Waals surface area contributed by atoms with Crippen molar-refractivity contribution in [3.05, 3.63) is 0 Å². The van der Waals surface area contributed by atoms with Crippen molar-refractivity contribution in [1.29, 1.82) is 0 Å². The number of rotatable bonds is 12. The van der Waals surface area contributed by atoms with E-state index in [1.54, 1.807) is 27.7 Å². The smallest absolute Gasteiger partial charge is 0.306 e. The summed E-state index contributed by atoms with van der Waals surface area (Å²) in [5.41, 5.74) is 0. The molecular weight excluding hydrogens is 344 g/mol. The molecular formula is C18H32O8. The lowest BCUT2D eigenvalue weighted by molar-refractivity contribution is -0.148. The van der Waals surface area contributed by atoms with E-state index in [9.17, 15) is 19.2 Å². The van der Waals surface area contributed by atoms with Gasteiger partial charge in [0.05, 0.1) is 12.2 Å². The lowest BCUT2D eigenvalue weighted by Gasteiger charge is -2.06. The molecule has 0 amide bonds. The maximum atomic E-state index is 10.9. The molecule has 26 heavy (non-hydrogen) atoms. The van der Waals surface area contributed by atoms with Crippen LogP contribution in [-0.4, -0.2) is 46.3 Å². The van der Waals surface area contributed by atoms with Crippen LogP contribution in [0.3, 0.4) is 0 Å². The molecule has 8 nitrogen and oxygen atoms in total. The van der Waals surface area contributed by atoms with Gasteiger partial charge < -0.3 is 19.7 Å². The molecule has 0 bridgehead atoms. The second kappa shape index (κ2) is 16.4. The highest BCUT2D eigenvalue weighted by Crippen LogP contribution is 2.03. The molecule has 2 N–H and O–H groups in total. The highest BCUT2D eigenvalue weighted by molar-refractivity contribution is 5.70. The molecule has 0 aromatic rings. The SMILES string of the molecule is CC(C)OC(=O)CCCCC(=O)O.CC(C)OC(=O)CCCCC(=O)O. The first-order valence-corrected chi connectivity index (χ1v) is 8.87. The van der Waals surface area contributed by atoms with E-state index < -0.39 is 11.9 Å². The Morgan fingerprint density at radius 1 is 0.615 bits per heavy atom. The van der Waals surface area contributed by atoms with E-state index in [1.165, 1.54) is 0 Å². The maximum Gasteiger partial charge on any atom is 0.306 e. The number of ether oxygens (including phenoxy) is 2. The van der Waals surface area contributed by atoms with Gasteiger partial charge in [0.1, 0.15) is 0 Å². The van der Waals surface area contributed by atoms with Gasteiger partial charge in [0, 0.05) is 25.7 Å². The number of carboxylic acid groups (broad SMARTS) is 2. The molecule has 0 saturated carbocycles. The molecule has 0 rings (SSSR count). The Morgan fingerprint density at radius 3 is 1.12 bits per heavy atom. The molecule has 152 valence electrons. The van der Waals surface area contributed by atoms with Gasteiger partial charge in [-0.05, 0) is 53.4 Å². The van der Waals surface area contributed by atoms with Crippen molar-refractivity contribution in [2.45, 2.75) is 91.3 Å². The van der Waals surface area contributed by atoms with Crippen LogP contribution in [0, 0.1) is 0 Å². The van der Waals surface area contributed by atoms with Crippen LogP contribution in [0.2, 0.25) is 0 Å². The van der Waals surface area contributed by atoms with Gasteiger partial charge in [-0.15, -0.1) is 0 Å². The molecule has 0 unspecified atom stereocenters. The van der Waals surface area contributed by atoms with Crippen LogP contribution in [0.25, 0.3) is 0 Å². The second-order valence-electron chi connectivity index (χ2n) is 6.28. The zero-order valence-corrected chi connectivity index (χ0v) is 16.2. The van der Waals surface area contributed by atoms with Crippen LogP contribution >= 0.6 is 0 Å². The third kappa shape index (κ3) is 24.1. The number of hydrogen-bond donors (Lipinski definition) is 2. The van der Waals surface area contributed by atoms with Crippen LogP contribution in [0.5, 0.6) is 0 Å². The number of esters is 2. The van der Waals surface area contributed by atoms with Gasteiger partial charge in [-0.2, -0.15) is 0 Å². The molecule has 0 spiro atoms. The molecule has 0 radical (unpaired) electrons.